The van der Waals surface area contributed by atoms with E-state index in [4.69, 9.17) is 0 Å². The van der Waals surface area contributed by atoms with E-state index in [1.807, 2.05) is 0 Å². The lowest BCUT2D eigenvalue weighted by Gasteiger charge is -2.08. The van der Waals surface area contributed by atoms with Gasteiger partial charge in [0.05, 0.1) is 5.56 Å². The lowest BCUT2D eigenvalue weighted by atomic mass is 10.0. The smallest absolute Gasteiger partial charge is 0.219 e. The van der Waals surface area contributed by atoms with E-state index in [9.17, 15) is 18.4 Å². The van der Waals surface area contributed by atoms with Gasteiger partial charge < -0.3 is 0 Å². The van der Waals surface area contributed by atoms with E-state index in [1.165, 1.54) is 12.1 Å². The third-order valence-corrected chi connectivity index (χ3v) is 4.98. The van der Waals surface area contributed by atoms with Crippen molar-refractivity contribution in [3.8, 4) is 11.1 Å². The molecule has 0 N–H and O–H groups in total. The minimum Gasteiger partial charge on any atom is -0.282 e. The molecule has 0 bridgehead atoms. The minimum absolute atomic E-state index is 0.168. The first-order valence-corrected chi connectivity index (χ1v) is 8.76. The highest BCUT2D eigenvalue weighted by Crippen LogP contribution is 2.32. The zero-order chi connectivity index (χ0) is 18.6. The zero-order valence-corrected chi connectivity index (χ0v) is 15.0. The van der Waals surface area contributed by atoms with E-state index in [0.29, 0.717) is 27.8 Å². The van der Waals surface area contributed by atoms with Gasteiger partial charge in [-0.1, -0.05) is 25.3 Å². The fourth-order valence-electron chi connectivity index (χ4n) is 1.93. The van der Waals surface area contributed by atoms with Crippen molar-refractivity contribution in [2.75, 3.05) is 0 Å². The molecule has 0 spiro atoms. The summed E-state index contributed by atoms with van der Waals surface area (Å²) in [5, 5.41) is -0.562. The van der Waals surface area contributed by atoms with Crippen LogP contribution in [-0.2, 0) is 9.59 Å². The molecule has 0 aromatic heterocycles. The van der Waals surface area contributed by atoms with E-state index in [-0.39, 0.29) is 15.6 Å². The highest BCUT2D eigenvalue weighted by atomic mass is 32.2. The summed E-state index contributed by atoms with van der Waals surface area (Å²) in [6.45, 7) is 8.51. The lowest BCUT2D eigenvalue weighted by Crippen LogP contribution is -1.94. The molecule has 0 aliphatic heterocycles. The standard InChI is InChI=1S/C19H14F2O2S2/c1-4-17(22)24-14-9-15(20)18(16(21)10-14)12-5-7-13(8-6-12)25-19(23)11(2)3/h4-10H,1-2H2,3H3. The Kier molecular flexibility index (Phi) is 6.33. The van der Waals surface area contributed by atoms with Gasteiger partial charge in [0.25, 0.3) is 0 Å². The summed E-state index contributed by atoms with van der Waals surface area (Å²) < 4.78 is 28.6. The van der Waals surface area contributed by atoms with Crippen LogP contribution in [0.1, 0.15) is 6.92 Å². The van der Waals surface area contributed by atoms with Crippen LogP contribution >= 0.6 is 23.5 Å². The quantitative estimate of drug-likeness (QED) is 0.500. The summed E-state index contributed by atoms with van der Waals surface area (Å²) in [6, 6.07) is 8.52. The number of hydrogen-bond acceptors (Lipinski definition) is 4. The molecule has 0 unspecified atom stereocenters. The van der Waals surface area contributed by atoms with Crippen LogP contribution < -0.4 is 0 Å². The van der Waals surface area contributed by atoms with Gasteiger partial charge in [-0.25, -0.2) is 8.78 Å². The molecule has 25 heavy (non-hydrogen) atoms. The molecule has 0 fully saturated rings. The molecule has 0 amide bonds. The maximum Gasteiger partial charge on any atom is 0.219 e. The second-order valence-electron chi connectivity index (χ2n) is 5.08. The third-order valence-electron chi connectivity index (χ3n) is 3.10. The number of rotatable bonds is 5. The Morgan fingerprint density at radius 1 is 1.00 bits per heavy atom. The molecule has 0 heterocycles. The van der Waals surface area contributed by atoms with Gasteiger partial charge in [0, 0.05) is 9.79 Å². The van der Waals surface area contributed by atoms with Crippen LogP contribution in [0.2, 0.25) is 0 Å². The van der Waals surface area contributed by atoms with Crippen molar-refractivity contribution in [2.45, 2.75) is 16.7 Å². The first-order chi connectivity index (χ1) is 11.8. The van der Waals surface area contributed by atoms with Crippen molar-refractivity contribution in [1.82, 2.24) is 0 Å². The molecule has 6 heteroatoms. The van der Waals surface area contributed by atoms with E-state index in [0.717, 1.165) is 30.0 Å². The van der Waals surface area contributed by atoms with Crippen LogP contribution in [-0.4, -0.2) is 10.2 Å². The molecule has 0 atom stereocenters. The molecular formula is C19H14F2O2S2. The maximum atomic E-state index is 14.3. The number of thioether (sulfide) groups is 2. The van der Waals surface area contributed by atoms with Crippen molar-refractivity contribution >= 4 is 33.8 Å². The monoisotopic (exact) mass is 376 g/mol. The number of benzene rings is 2. The SMILES string of the molecule is C=CC(=O)Sc1cc(F)c(-c2ccc(SC(=O)C(=C)C)cc2)c(F)c1. The van der Waals surface area contributed by atoms with Crippen molar-refractivity contribution in [1.29, 1.82) is 0 Å². The molecule has 2 aromatic carbocycles. The van der Waals surface area contributed by atoms with Gasteiger partial charge in [0.2, 0.25) is 10.2 Å². The number of halogens is 2. The number of carbonyl (C=O) groups excluding carboxylic acids is 2. The summed E-state index contributed by atoms with van der Waals surface area (Å²) >= 11 is 1.70. The average molecular weight is 376 g/mol. The fraction of sp³-hybridized carbons (Fsp3) is 0.0526. The van der Waals surface area contributed by atoms with Crippen LogP contribution in [0, 0.1) is 11.6 Å². The normalized spacial score (nSPS) is 10.4. The van der Waals surface area contributed by atoms with Crippen molar-refractivity contribution < 1.29 is 18.4 Å². The molecular weight excluding hydrogens is 362 g/mol. The summed E-state index contributed by atoms with van der Waals surface area (Å²) in [5.41, 5.74) is 0.584. The van der Waals surface area contributed by atoms with Crippen LogP contribution in [0.15, 0.2) is 71.0 Å². The highest BCUT2D eigenvalue weighted by Gasteiger charge is 2.15. The summed E-state index contributed by atoms with van der Waals surface area (Å²) in [4.78, 5) is 23.8. The Morgan fingerprint density at radius 3 is 2.04 bits per heavy atom. The summed E-state index contributed by atoms with van der Waals surface area (Å²) in [5.74, 6) is -1.53. The molecule has 2 aromatic rings. The molecule has 0 aliphatic rings. The predicted octanol–water partition coefficient (Wildman–Crippen LogP) is 5.63. The van der Waals surface area contributed by atoms with Crippen LogP contribution in [0.25, 0.3) is 11.1 Å². The van der Waals surface area contributed by atoms with Gasteiger partial charge in [0.15, 0.2) is 0 Å². The maximum absolute atomic E-state index is 14.3. The largest absolute Gasteiger partial charge is 0.282 e. The topological polar surface area (TPSA) is 34.1 Å². The fourth-order valence-corrected chi connectivity index (χ4v) is 3.23. The van der Waals surface area contributed by atoms with E-state index < -0.39 is 16.7 Å². The van der Waals surface area contributed by atoms with Crippen molar-refractivity contribution in [3.63, 3.8) is 0 Å². The number of carbonyl (C=O) groups is 2. The Morgan fingerprint density at radius 2 is 1.56 bits per heavy atom. The van der Waals surface area contributed by atoms with Crippen LogP contribution in [0.5, 0.6) is 0 Å². The summed E-state index contributed by atoms with van der Waals surface area (Å²) in [7, 11) is 0. The second kappa shape index (κ2) is 8.27. The average Bonchev–Trinajstić information content (AvgIpc) is 2.55. The van der Waals surface area contributed by atoms with Gasteiger partial charge >= 0.3 is 0 Å². The molecule has 0 radical (unpaired) electrons. The molecule has 0 aliphatic carbocycles. The number of hydrogen-bond donors (Lipinski definition) is 0. The van der Waals surface area contributed by atoms with E-state index in [2.05, 4.69) is 13.2 Å². The van der Waals surface area contributed by atoms with Crippen LogP contribution in [0.3, 0.4) is 0 Å². The van der Waals surface area contributed by atoms with Gasteiger partial charge in [-0.05, 0) is 71.9 Å². The first kappa shape index (κ1) is 19.1. The summed E-state index contributed by atoms with van der Waals surface area (Å²) in [6.07, 6.45) is 1.08. The lowest BCUT2D eigenvalue weighted by molar-refractivity contribution is -0.108. The Bertz CT molecular complexity index is 835. The van der Waals surface area contributed by atoms with Gasteiger partial charge in [0.1, 0.15) is 11.6 Å². The molecule has 128 valence electrons. The van der Waals surface area contributed by atoms with Gasteiger partial charge in [-0.2, -0.15) is 0 Å². The predicted molar refractivity (Wildman–Crippen MR) is 98.5 cm³/mol. The first-order valence-electron chi connectivity index (χ1n) is 7.13. The highest BCUT2D eigenvalue weighted by molar-refractivity contribution is 8.14. The van der Waals surface area contributed by atoms with Crippen molar-refractivity contribution in [2.24, 2.45) is 0 Å². The molecule has 0 saturated heterocycles. The third kappa shape index (κ3) is 4.90. The van der Waals surface area contributed by atoms with Gasteiger partial charge in [-0.3, -0.25) is 9.59 Å². The van der Waals surface area contributed by atoms with Crippen molar-refractivity contribution in [3.05, 3.63) is 72.8 Å². The minimum atomic E-state index is -0.766. The van der Waals surface area contributed by atoms with E-state index in [1.54, 1.807) is 19.1 Å². The van der Waals surface area contributed by atoms with Crippen LogP contribution in [0.4, 0.5) is 8.78 Å². The molecule has 2 nitrogen and oxygen atoms in total. The Labute approximate surface area is 153 Å². The van der Waals surface area contributed by atoms with E-state index >= 15 is 0 Å². The van der Waals surface area contributed by atoms with Gasteiger partial charge in [-0.15, -0.1) is 0 Å². The second-order valence-corrected chi connectivity index (χ2v) is 7.21. The molecule has 0 saturated carbocycles. The Balaban J connectivity index is 2.29. The zero-order valence-electron chi connectivity index (χ0n) is 13.3. The Hall–Kier alpha value is -2.18. The molecule has 2 rings (SSSR count).